The number of aliphatic imine (C=N–C) groups is 1. The second kappa shape index (κ2) is 11.9. The zero-order valence-corrected chi connectivity index (χ0v) is 18.8. The highest BCUT2D eigenvalue weighted by Gasteiger charge is 2.27. The van der Waals surface area contributed by atoms with Crippen molar-refractivity contribution in [2.24, 2.45) is 22.4 Å². The summed E-state index contributed by atoms with van der Waals surface area (Å²) in [6.07, 6.45) is 1.22. The molecule has 0 aliphatic rings. The average molecular weight is 476 g/mol. The van der Waals surface area contributed by atoms with Gasteiger partial charge >= 0.3 is 6.09 Å². The molecule has 3 amide bonds. The molecule has 1 rings (SSSR count). The summed E-state index contributed by atoms with van der Waals surface area (Å²) in [6, 6.07) is -2.01. The molecule has 0 radical (unpaired) electrons. The Hall–Kier alpha value is -3.36. The van der Waals surface area contributed by atoms with E-state index in [0.29, 0.717) is 6.42 Å². The third-order valence-corrected chi connectivity index (χ3v) is 4.48. The number of aromatic nitrogens is 1. The Morgan fingerprint density at radius 1 is 1.25 bits per heavy atom. The summed E-state index contributed by atoms with van der Waals surface area (Å²) in [5.74, 6) is -1.82. The van der Waals surface area contributed by atoms with Crippen LogP contribution in [0.25, 0.3) is 0 Å². The smallest absolute Gasteiger partial charge is 0.405 e. The van der Waals surface area contributed by atoms with Crippen LogP contribution in [0.3, 0.4) is 0 Å². The minimum atomic E-state index is -3.86. The predicted octanol–water partition coefficient (Wildman–Crippen LogP) is -0.743. The van der Waals surface area contributed by atoms with Gasteiger partial charge in [0.2, 0.25) is 15.9 Å². The molecule has 2 atom stereocenters. The molecular weight excluding hydrogens is 446 g/mol. The molecule has 15 heteroatoms. The molecule has 0 aliphatic carbocycles. The first-order chi connectivity index (χ1) is 14.8. The molecule has 0 fully saturated rings. The lowest BCUT2D eigenvalue weighted by Gasteiger charge is -2.17. The molecule has 0 spiro atoms. The molecule has 14 nitrogen and oxygen atoms in total. The predicted molar refractivity (Wildman–Crippen MR) is 114 cm³/mol. The van der Waals surface area contributed by atoms with Crippen molar-refractivity contribution in [3.8, 4) is 0 Å². The quantitative estimate of drug-likeness (QED) is 0.126. The number of nitrogens with zero attached hydrogens (tertiary/aromatic N) is 2. The Kier molecular flexibility index (Phi) is 9.90. The minimum Gasteiger partial charge on any atom is -0.465 e. The summed E-state index contributed by atoms with van der Waals surface area (Å²) in [6.45, 7) is 3.91. The van der Waals surface area contributed by atoms with E-state index in [1.165, 1.54) is 0 Å². The zero-order valence-electron chi connectivity index (χ0n) is 18.0. The molecular formula is C17H29N7O7S. The molecule has 0 aromatic carbocycles. The molecule has 1 aromatic rings. The van der Waals surface area contributed by atoms with Gasteiger partial charge in [0.05, 0.1) is 6.26 Å². The third kappa shape index (κ3) is 10.1. The van der Waals surface area contributed by atoms with E-state index in [1.54, 1.807) is 4.72 Å². The van der Waals surface area contributed by atoms with Crippen LogP contribution in [0.2, 0.25) is 0 Å². The zero-order chi connectivity index (χ0) is 24.5. The third-order valence-electron chi connectivity index (χ3n) is 3.91. The van der Waals surface area contributed by atoms with Crippen LogP contribution in [0.15, 0.2) is 15.7 Å². The first-order valence-electron chi connectivity index (χ1n) is 9.61. The molecule has 1 heterocycles. The van der Waals surface area contributed by atoms with Crippen molar-refractivity contribution in [3.63, 3.8) is 0 Å². The lowest BCUT2D eigenvalue weighted by molar-refractivity contribution is -0.121. The van der Waals surface area contributed by atoms with Crippen molar-refractivity contribution in [2.45, 2.75) is 45.2 Å². The monoisotopic (exact) mass is 475 g/mol. The Bertz CT molecular complexity index is 939. The van der Waals surface area contributed by atoms with Crippen LogP contribution in [0.5, 0.6) is 0 Å². The van der Waals surface area contributed by atoms with Crippen LogP contribution < -0.4 is 26.8 Å². The molecule has 0 saturated heterocycles. The fourth-order valence-electron chi connectivity index (χ4n) is 2.65. The van der Waals surface area contributed by atoms with E-state index in [-0.39, 0.29) is 42.8 Å². The highest BCUT2D eigenvalue weighted by molar-refractivity contribution is 7.89. The Balaban J connectivity index is 2.97. The topological polar surface area (TPSA) is 232 Å². The summed E-state index contributed by atoms with van der Waals surface area (Å²) in [5.41, 5.74) is 10.3. The number of rotatable bonds is 12. The van der Waals surface area contributed by atoms with E-state index in [4.69, 9.17) is 21.0 Å². The van der Waals surface area contributed by atoms with Crippen LogP contribution in [0, 0.1) is 5.92 Å². The minimum absolute atomic E-state index is 0.0175. The van der Waals surface area contributed by atoms with Crippen molar-refractivity contribution in [2.75, 3.05) is 12.8 Å². The maximum absolute atomic E-state index is 12.6. The number of hydrogen-bond donors (Lipinski definition) is 6. The Labute approximate surface area is 185 Å². The van der Waals surface area contributed by atoms with Crippen molar-refractivity contribution < 1.29 is 32.3 Å². The number of amides is 3. The average Bonchev–Trinajstić information content (AvgIpc) is 3.11. The first-order valence-corrected chi connectivity index (χ1v) is 11.5. The number of nitrogens with two attached hydrogens (primary N) is 2. The standard InChI is InChI=1S/C17H29N7O7S/c1-9(2)7-11(23-17(27)28)15-22-12(8-31-15)13(25)21-10(5-4-6-20-16(18)19)14(26)24-32(3,29)30/h8-11,23H,4-7H2,1-3H3,(H,21,25)(H,24,26)(H,27,28)(H4,18,19,20)/t10-,11-/m0/s1. The van der Waals surface area contributed by atoms with Crippen LogP contribution in [0.4, 0.5) is 4.79 Å². The number of hydrogen-bond acceptors (Lipinski definition) is 8. The van der Waals surface area contributed by atoms with Crippen LogP contribution in [-0.2, 0) is 14.8 Å². The maximum atomic E-state index is 12.6. The van der Waals surface area contributed by atoms with E-state index in [0.717, 1.165) is 12.5 Å². The number of guanidine groups is 1. The van der Waals surface area contributed by atoms with E-state index >= 15 is 0 Å². The van der Waals surface area contributed by atoms with E-state index in [1.807, 2.05) is 13.8 Å². The number of nitrogens with one attached hydrogen (secondary N) is 3. The summed E-state index contributed by atoms with van der Waals surface area (Å²) >= 11 is 0. The molecule has 0 saturated carbocycles. The number of oxazole rings is 1. The van der Waals surface area contributed by atoms with Crippen LogP contribution in [0.1, 0.15) is 55.5 Å². The van der Waals surface area contributed by atoms with Crippen molar-refractivity contribution >= 4 is 33.9 Å². The largest absolute Gasteiger partial charge is 0.465 e. The molecule has 32 heavy (non-hydrogen) atoms. The summed E-state index contributed by atoms with van der Waals surface area (Å²) in [4.78, 5) is 43.7. The van der Waals surface area contributed by atoms with Crippen molar-refractivity contribution in [1.82, 2.24) is 20.3 Å². The second-order valence-electron chi connectivity index (χ2n) is 7.42. The van der Waals surface area contributed by atoms with Gasteiger partial charge in [0.15, 0.2) is 11.7 Å². The van der Waals surface area contributed by atoms with Crippen molar-refractivity contribution in [1.29, 1.82) is 0 Å². The highest BCUT2D eigenvalue weighted by Crippen LogP contribution is 2.21. The van der Waals surface area contributed by atoms with Gasteiger partial charge in [-0.05, 0) is 25.2 Å². The summed E-state index contributed by atoms with van der Waals surface area (Å²) < 4.78 is 29.9. The molecule has 8 N–H and O–H groups in total. The summed E-state index contributed by atoms with van der Waals surface area (Å²) in [5, 5.41) is 13.7. The molecule has 1 aromatic heterocycles. The molecule has 0 aliphatic heterocycles. The SMILES string of the molecule is CC(C)C[C@H](NC(=O)O)c1nc(C(=O)N[C@@H](CCCN=C(N)N)C(=O)NS(C)(=O)=O)co1. The second-order valence-corrected chi connectivity index (χ2v) is 9.16. The first kappa shape index (κ1) is 26.7. The number of carboxylic acid groups (broad SMARTS) is 1. The highest BCUT2D eigenvalue weighted by atomic mass is 32.2. The van der Waals surface area contributed by atoms with Gasteiger partial charge in [0.25, 0.3) is 11.8 Å². The molecule has 0 unspecified atom stereocenters. The Morgan fingerprint density at radius 2 is 1.91 bits per heavy atom. The molecule has 0 bridgehead atoms. The van der Waals surface area contributed by atoms with Crippen LogP contribution >= 0.6 is 0 Å². The van der Waals surface area contributed by atoms with Crippen molar-refractivity contribution in [3.05, 3.63) is 17.8 Å². The molecule has 180 valence electrons. The van der Waals surface area contributed by atoms with Gasteiger partial charge in [-0.25, -0.2) is 18.2 Å². The van der Waals surface area contributed by atoms with Gasteiger partial charge in [0, 0.05) is 6.54 Å². The van der Waals surface area contributed by atoms with E-state index in [2.05, 4.69) is 20.6 Å². The maximum Gasteiger partial charge on any atom is 0.405 e. The fraction of sp³-hybridized carbons (Fsp3) is 0.588. The lowest BCUT2D eigenvalue weighted by Crippen LogP contribution is -2.48. The Morgan fingerprint density at radius 3 is 2.44 bits per heavy atom. The van der Waals surface area contributed by atoms with Gasteiger partial charge in [-0.1, -0.05) is 13.8 Å². The fourth-order valence-corrected chi connectivity index (χ4v) is 3.16. The number of sulfonamides is 1. The van der Waals surface area contributed by atoms with E-state index < -0.39 is 40.0 Å². The van der Waals surface area contributed by atoms with Gasteiger partial charge in [-0.15, -0.1) is 0 Å². The normalized spacial score (nSPS) is 13.1. The van der Waals surface area contributed by atoms with Gasteiger partial charge < -0.3 is 31.6 Å². The lowest BCUT2D eigenvalue weighted by atomic mass is 10.0. The number of carbonyl (C=O) groups is 3. The van der Waals surface area contributed by atoms with Gasteiger partial charge in [0.1, 0.15) is 18.3 Å². The van der Waals surface area contributed by atoms with Crippen LogP contribution in [-0.4, -0.2) is 61.2 Å². The van der Waals surface area contributed by atoms with Gasteiger partial charge in [-0.2, -0.15) is 0 Å². The number of carbonyl (C=O) groups excluding carboxylic acids is 2. The van der Waals surface area contributed by atoms with Gasteiger partial charge in [-0.3, -0.25) is 19.3 Å². The van der Waals surface area contributed by atoms with E-state index in [9.17, 15) is 22.8 Å². The summed E-state index contributed by atoms with van der Waals surface area (Å²) in [7, 11) is -3.86.